The molecule has 6 aromatic rings. The van der Waals surface area contributed by atoms with Gasteiger partial charge in [0, 0.05) is 60.1 Å². The highest BCUT2D eigenvalue weighted by Gasteiger charge is 2.20. The van der Waals surface area contributed by atoms with Crippen molar-refractivity contribution in [3.8, 4) is 6.07 Å². The molecule has 1 N–H and O–H groups in total. The minimum Gasteiger partial charge on any atom is -0.451 e. The van der Waals surface area contributed by atoms with E-state index in [1.165, 1.54) is 0 Å². The number of furan rings is 1. The Morgan fingerprint density at radius 1 is 0.837 bits per heavy atom. The number of fused-ring (bicyclic) bond motifs is 2. The largest absolute Gasteiger partial charge is 0.451 e. The van der Waals surface area contributed by atoms with Gasteiger partial charge in [-0.05, 0) is 112 Å². The van der Waals surface area contributed by atoms with E-state index >= 15 is 0 Å². The van der Waals surface area contributed by atoms with Gasteiger partial charge in [0.15, 0.2) is 5.76 Å². The molecule has 0 aliphatic carbocycles. The van der Waals surface area contributed by atoms with Crippen LogP contribution in [0.4, 0.5) is 11.4 Å². The SMILES string of the molecule is Cc1ccc(NC(=O)c2cc3cc(N4CCN(CCCCc5cn(C(=O)c6ccc(C)cc6)c6ccc(C#N)cc56)CC4)ccc3o2)cc1. The van der Waals surface area contributed by atoms with Crippen LogP contribution in [-0.4, -0.2) is 54.0 Å². The molecule has 8 nitrogen and oxygen atoms in total. The van der Waals surface area contributed by atoms with Crippen molar-refractivity contribution in [3.05, 3.63) is 131 Å². The highest BCUT2D eigenvalue weighted by molar-refractivity contribution is 6.05. The number of unbranched alkanes of at least 4 members (excludes halogenated alkanes) is 1. The minimum atomic E-state index is -0.261. The van der Waals surface area contributed by atoms with Crippen LogP contribution in [0.1, 0.15) is 56.0 Å². The fourth-order valence-electron chi connectivity index (χ4n) is 6.62. The molecule has 0 radical (unpaired) electrons. The highest BCUT2D eigenvalue weighted by atomic mass is 16.3. The maximum Gasteiger partial charge on any atom is 0.291 e. The highest BCUT2D eigenvalue weighted by Crippen LogP contribution is 2.28. The second-order valence-corrected chi connectivity index (χ2v) is 13.0. The Kier molecular flexibility index (Phi) is 9.01. The molecule has 1 fully saturated rings. The van der Waals surface area contributed by atoms with Crippen LogP contribution in [0.2, 0.25) is 0 Å². The lowest BCUT2D eigenvalue weighted by atomic mass is 10.0. The van der Waals surface area contributed by atoms with Crippen LogP contribution < -0.4 is 10.2 Å². The zero-order chi connectivity index (χ0) is 33.9. The van der Waals surface area contributed by atoms with E-state index in [4.69, 9.17) is 4.42 Å². The van der Waals surface area contributed by atoms with E-state index in [0.29, 0.717) is 22.5 Å². The maximum atomic E-state index is 13.4. The van der Waals surface area contributed by atoms with Gasteiger partial charge in [0.25, 0.3) is 11.8 Å². The molecular formula is C41H39N5O3. The number of nitriles is 1. The number of nitrogens with one attached hydrogen (secondary N) is 1. The molecule has 246 valence electrons. The molecule has 3 heterocycles. The zero-order valence-electron chi connectivity index (χ0n) is 27.9. The molecule has 1 amide bonds. The number of carbonyl (C=O) groups is 2. The summed E-state index contributed by atoms with van der Waals surface area (Å²) in [5.41, 5.74) is 8.00. The topological polar surface area (TPSA) is 94.5 Å². The van der Waals surface area contributed by atoms with Crippen LogP contribution in [0.5, 0.6) is 0 Å². The van der Waals surface area contributed by atoms with Gasteiger partial charge in [-0.15, -0.1) is 0 Å². The number of anilines is 2. The normalized spacial score (nSPS) is 13.5. The van der Waals surface area contributed by atoms with Gasteiger partial charge in [0.05, 0.1) is 17.1 Å². The molecule has 7 rings (SSSR count). The van der Waals surface area contributed by atoms with Crippen molar-refractivity contribution in [2.75, 3.05) is 42.9 Å². The van der Waals surface area contributed by atoms with E-state index in [0.717, 1.165) is 96.3 Å². The molecule has 4 aromatic carbocycles. The average Bonchev–Trinajstić information content (AvgIpc) is 3.72. The van der Waals surface area contributed by atoms with Crippen LogP contribution >= 0.6 is 0 Å². The molecular weight excluding hydrogens is 610 g/mol. The second kappa shape index (κ2) is 13.8. The zero-order valence-corrected chi connectivity index (χ0v) is 27.9. The van der Waals surface area contributed by atoms with E-state index in [1.807, 2.05) is 92.8 Å². The van der Waals surface area contributed by atoms with Crippen molar-refractivity contribution in [1.82, 2.24) is 9.47 Å². The van der Waals surface area contributed by atoms with Crippen molar-refractivity contribution >= 4 is 45.1 Å². The van der Waals surface area contributed by atoms with E-state index in [-0.39, 0.29) is 11.8 Å². The summed E-state index contributed by atoms with van der Waals surface area (Å²) in [6.07, 6.45) is 4.84. The number of amides is 1. The molecule has 1 aliphatic rings. The smallest absolute Gasteiger partial charge is 0.291 e. The lowest BCUT2D eigenvalue weighted by Crippen LogP contribution is -2.46. The molecule has 49 heavy (non-hydrogen) atoms. The molecule has 0 spiro atoms. The predicted molar refractivity (Wildman–Crippen MR) is 194 cm³/mol. The fourth-order valence-corrected chi connectivity index (χ4v) is 6.62. The van der Waals surface area contributed by atoms with Crippen molar-refractivity contribution in [1.29, 1.82) is 5.26 Å². The van der Waals surface area contributed by atoms with Crippen LogP contribution in [0.3, 0.4) is 0 Å². The van der Waals surface area contributed by atoms with Gasteiger partial charge in [-0.3, -0.25) is 19.1 Å². The summed E-state index contributed by atoms with van der Waals surface area (Å²) in [6.45, 7) is 8.84. The predicted octanol–water partition coefficient (Wildman–Crippen LogP) is 7.96. The lowest BCUT2D eigenvalue weighted by Gasteiger charge is -2.36. The molecule has 0 unspecified atom stereocenters. The van der Waals surface area contributed by atoms with Crippen molar-refractivity contribution < 1.29 is 14.0 Å². The number of aromatic nitrogens is 1. The number of nitrogens with zero attached hydrogens (tertiary/aromatic N) is 4. The number of hydrogen-bond acceptors (Lipinski definition) is 6. The van der Waals surface area contributed by atoms with Gasteiger partial charge in [-0.2, -0.15) is 5.26 Å². The molecule has 8 heteroatoms. The Hall–Kier alpha value is -5.65. The Bertz CT molecular complexity index is 2180. The number of aryl methyl sites for hydroxylation is 3. The van der Waals surface area contributed by atoms with Crippen molar-refractivity contribution in [3.63, 3.8) is 0 Å². The van der Waals surface area contributed by atoms with Crippen molar-refractivity contribution in [2.24, 2.45) is 0 Å². The summed E-state index contributed by atoms with van der Waals surface area (Å²) in [5, 5.41) is 14.3. The summed E-state index contributed by atoms with van der Waals surface area (Å²) >= 11 is 0. The molecule has 1 saturated heterocycles. The number of benzene rings is 4. The first-order chi connectivity index (χ1) is 23.8. The second-order valence-electron chi connectivity index (χ2n) is 13.0. The van der Waals surface area contributed by atoms with Crippen LogP contribution in [-0.2, 0) is 6.42 Å². The van der Waals surface area contributed by atoms with Gasteiger partial charge in [0.2, 0.25) is 0 Å². The Labute approximate surface area is 286 Å². The molecule has 1 aliphatic heterocycles. The maximum absolute atomic E-state index is 13.4. The fraction of sp³-hybridized carbons (Fsp3) is 0.244. The van der Waals surface area contributed by atoms with E-state index in [9.17, 15) is 14.9 Å². The monoisotopic (exact) mass is 649 g/mol. The summed E-state index contributed by atoms with van der Waals surface area (Å²) in [6, 6.07) is 31.1. The van der Waals surface area contributed by atoms with E-state index in [1.54, 1.807) is 10.6 Å². The van der Waals surface area contributed by atoms with Crippen LogP contribution in [0.15, 0.2) is 102 Å². The first-order valence-corrected chi connectivity index (χ1v) is 16.9. The summed E-state index contributed by atoms with van der Waals surface area (Å²) in [5.74, 6) is -0.0242. The number of carbonyl (C=O) groups excluding carboxylic acids is 2. The summed E-state index contributed by atoms with van der Waals surface area (Å²) in [4.78, 5) is 31.1. The minimum absolute atomic E-state index is 0.0604. The summed E-state index contributed by atoms with van der Waals surface area (Å²) in [7, 11) is 0. The average molecular weight is 650 g/mol. The lowest BCUT2D eigenvalue weighted by molar-refractivity contribution is 0.0963. The van der Waals surface area contributed by atoms with E-state index in [2.05, 4.69) is 33.3 Å². The third kappa shape index (κ3) is 6.99. The molecule has 0 atom stereocenters. The van der Waals surface area contributed by atoms with Crippen molar-refractivity contribution in [2.45, 2.75) is 33.1 Å². The first-order valence-electron chi connectivity index (χ1n) is 16.9. The number of rotatable bonds is 9. The Morgan fingerprint density at radius 2 is 1.57 bits per heavy atom. The van der Waals surface area contributed by atoms with Gasteiger partial charge in [0.1, 0.15) is 5.58 Å². The van der Waals surface area contributed by atoms with Gasteiger partial charge < -0.3 is 14.6 Å². The Balaban J connectivity index is 0.932. The molecule has 2 aromatic heterocycles. The Morgan fingerprint density at radius 3 is 2.31 bits per heavy atom. The molecule has 0 bridgehead atoms. The third-order valence-electron chi connectivity index (χ3n) is 9.47. The van der Waals surface area contributed by atoms with E-state index < -0.39 is 0 Å². The third-order valence-corrected chi connectivity index (χ3v) is 9.47. The quantitative estimate of drug-likeness (QED) is 0.160. The van der Waals surface area contributed by atoms with Gasteiger partial charge in [-0.25, -0.2) is 0 Å². The summed E-state index contributed by atoms with van der Waals surface area (Å²) < 4.78 is 7.61. The van der Waals surface area contributed by atoms with Crippen LogP contribution in [0.25, 0.3) is 21.9 Å². The van der Waals surface area contributed by atoms with Gasteiger partial charge in [-0.1, -0.05) is 35.4 Å². The molecule has 0 saturated carbocycles. The standard InChI is InChI=1S/C41H39N5O3/c1-28-6-11-31(12-7-28)41(48)46-27-32(36-23-30(26-42)10-16-37(36)46)5-3-4-18-44-19-21-45(22-20-44)35-15-17-38-33(24-35)25-39(49-38)40(47)43-34-13-8-29(2)9-14-34/h6-17,23-25,27H,3-5,18-22H2,1-2H3,(H,43,47). The first kappa shape index (κ1) is 31.9. The van der Waals surface area contributed by atoms with Crippen LogP contribution in [0, 0.1) is 25.2 Å². The van der Waals surface area contributed by atoms with Gasteiger partial charge >= 0.3 is 0 Å². The number of piperazine rings is 1. The number of hydrogen-bond donors (Lipinski definition) is 1.